The van der Waals surface area contributed by atoms with Crippen molar-refractivity contribution >= 4 is 5.78 Å². The molecule has 0 spiro atoms. The number of ether oxygens (including phenoxy) is 1. The smallest absolute Gasteiger partial charge is 0.164 e. The zero-order chi connectivity index (χ0) is 19.4. The van der Waals surface area contributed by atoms with Gasteiger partial charge >= 0.3 is 0 Å². The van der Waals surface area contributed by atoms with Crippen LogP contribution in [0.3, 0.4) is 0 Å². The van der Waals surface area contributed by atoms with Gasteiger partial charge in [-0.15, -0.1) is 0 Å². The molecule has 26 heavy (non-hydrogen) atoms. The molecule has 0 heterocycles. The van der Waals surface area contributed by atoms with Crippen LogP contribution in [0.1, 0.15) is 71.1 Å². The van der Waals surface area contributed by atoms with Crippen molar-refractivity contribution in [1.82, 2.24) is 0 Å². The van der Waals surface area contributed by atoms with Crippen LogP contribution in [0, 0.1) is 5.92 Å². The van der Waals surface area contributed by atoms with Crippen molar-refractivity contribution in [2.75, 3.05) is 6.61 Å². The standard InChI is InChI=1S/C20H36O6/c1-2-3-6-9-15(21)11-12-16-17(22)14-18(23)20(16)26-13-8-5-4-7-10-19(24)25/h11-12,15-17,19-22,24-25H,2-10,13-14H2,1H3/b12-11+/t15-,16?,17+,20?/m0/s1. The Morgan fingerprint density at radius 2 is 1.77 bits per heavy atom. The van der Waals surface area contributed by atoms with Crippen molar-refractivity contribution in [2.45, 2.75) is 95.7 Å². The van der Waals surface area contributed by atoms with E-state index in [1.165, 1.54) is 0 Å². The molecule has 1 aliphatic carbocycles. The van der Waals surface area contributed by atoms with E-state index in [-0.39, 0.29) is 12.2 Å². The molecule has 0 saturated heterocycles. The quantitative estimate of drug-likeness (QED) is 0.211. The van der Waals surface area contributed by atoms with Gasteiger partial charge in [-0.2, -0.15) is 0 Å². The topological polar surface area (TPSA) is 107 Å². The van der Waals surface area contributed by atoms with Crippen LogP contribution in [0.5, 0.6) is 0 Å². The second kappa shape index (κ2) is 13.4. The summed E-state index contributed by atoms with van der Waals surface area (Å²) >= 11 is 0. The number of ketones is 1. The fourth-order valence-electron chi connectivity index (χ4n) is 3.26. The van der Waals surface area contributed by atoms with Gasteiger partial charge in [0.2, 0.25) is 0 Å². The molecule has 1 fully saturated rings. The molecule has 152 valence electrons. The molecule has 6 nitrogen and oxygen atoms in total. The molecule has 6 heteroatoms. The molecule has 0 aromatic heterocycles. The Kier molecular flexibility index (Phi) is 12.0. The predicted octanol–water partition coefficient (Wildman–Crippen LogP) is 2.08. The largest absolute Gasteiger partial charge is 0.392 e. The lowest BCUT2D eigenvalue weighted by molar-refractivity contribution is -0.128. The Hall–Kier alpha value is -0.790. The Balaban J connectivity index is 2.33. The van der Waals surface area contributed by atoms with E-state index in [9.17, 15) is 15.0 Å². The van der Waals surface area contributed by atoms with Gasteiger partial charge in [0.1, 0.15) is 6.10 Å². The van der Waals surface area contributed by atoms with Gasteiger partial charge in [-0.1, -0.05) is 51.2 Å². The lowest BCUT2D eigenvalue weighted by Crippen LogP contribution is -2.27. The monoisotopic (exact) mass is 372 g/mol. The highest BCUT2D eigenvalue weighted by Gasteiger charge is 2.40. The Bertz CT molecular complexity index is 409. The number of aliphatic hydroxyl groups is 4. The summed E-state index contributed by atoms with van der Waals surface area (Å²) in [6.07, 6.45) is 7.86. The summed E-state index contributed by atoms with van der Waals surface area (Å²) in [5.41, 5.74) is 0. The van der Waals surface area contributed by atoms with Crippen LogP contribution in [0.2, 0.25) is 0 Å². The van der Waals surface area contributed by atoms with E-state index < -0.39 is 30.5 Å². The Morgan fingerprint density at radius 1 is 1.08 bits per heavy atom. The van der Waals surface area contributed by atoms with Gasteiger partial charge in [-0.3, -0.25) is 4.79 Å². The number of carbonyl (C=O) groups is 1. The van der Waals surface area contributed by atoms with Crippen LogP contribution in [-0.2, 0) is 9.53 Å². The summed E-state index contributed by atoms with van der Waals surface area (Å²) in [7, 11) is 0. The Labute approximate surface area is 156 Å². The van der Waals surface area contributed by atoms with E-state index in [1.54, 1.807) is 12.2 Å². The summed E-state index contributed by atoms with van der Waals surface area (Å²) in [6.45, 7) is 2.55. The lowest BCUT2D eigenvalue weighted by Gasteiger charge is -2.18. The van der Waals surface area contributed by atoms with Crippen molar-refractivity contribution < 1.29 is 30.0 Å². The van der Waals surface area contributed by atoms with Gasteiger partial charge < -0.3 is 25.2 Å². The second-order valence-corrected chi connectivity index (χ2v) is 7.24. The second-order valence-electron chi connectivity index (χ2n) is 7.24. The molecule has 0 amide bonds. The maximum absolute atomic E-state index is 12.1. The van der Waals surface area contributed by atoms with Gasteiger partial charge in [0, 0.05) is 18.9 Å². The van der Waals surface area contributed by atoms with Gasteiger partial charge in [-0.05, 0) is 25.7 Å². The van der Waals surface area contributed by atoms with Crippen LogP contribution >= 0.6 is 0 Å². The van der Waals surface area contributed by atoms with Crippen molar-refractivity contribution in [3.05, 3.63) is 12.2 Å². The highest BCUT2D eigenvalue weighted by atomic mass is 16.5. The lowest BCUT2D eigenvalue weighted by atomic mass is 10.0. The van der Waals surface area contributed by atoms with Crippen LogP contribution in [-0.4, -0.2) is 57.4 Å². The van der Waals surface area contributed by atoms with Crippen molar-refractivity contribution in [1.29, 1.82) is 0 Å². The SMILES string of the molecule is CCCCC[C@H](O)/C=C/C1C(OCCCCCCC(O)O)C(=O)C[C@H]1O. The number of rotatable bonds is 14. The maximum Gasteiger partial charge on any atom is 0.164 e. The van der Waals surface area contributed by atoms with E-state index in [0.29, 0.717) is 19.4 Å². The van der Waals surface area contributed by atoms with Crippen molar-refractivity contribution in [3.8, 4) is 0 Å². The third-order valence-electron chi connectivity index (χ3n) is 4.83. The predicted molar refractivity (Wildman–Crippen MR) is 99.5 cm³/mol. The molecule has 0 aromatic carbocycles. The van der Waals surface area contributed by atoms with E-state index in [1.807, 2.05) is 0 Å². The summed E-state index contributed by atoms with van der Waals surface area (Å²) in [6, 6.07) is 0. The minimum atomic E-state index is -1.24. The highest BCUT2D eigenvalue weighted by molar-refractivity contribution is 5.86. The van der Waals surface area contributed by atoms with Crippen LogP contribution in [0.4, 0.5) is 0 Å². The molecule has 1 aliphatic rings. The number of unbranched alkanes of at least 4 members (excludes halogenated alkanes) is 5. The van der Waals surface area contributed by atoms with Crippen LogP contribution in [0.25, 0.3) is 0 Å². The molecular weight excluding hydrogens is 336 g/mol. The molecule has 0 radical (unpaired) electrons. The van der Waals surface area contributed by atoms with E-state index in [2.05, 4.69) is 6.92 Å². The van der Waals surface area contributed by atoms with E-state index in [4.69, 9.17) is 14.9 Å². The van der Waals surface area contributed by atoms with Crippen molar-refractivity contribution in [2.24, 2.45) is 5.92 Å². The molecule has 2 unspecified atom stereocenters. The summed E-state index contributed by atoms with van der Waals surface area (Å²) in [5, 5.41) is 37.6. The van der Waals surface area contributed by atoms with Crippen LogP contribution in [0.15, 0.2) is 12.2 Å². The zero-order valence-electron chi connectivity index (χ0n) is 15.9. The minimum Gasteiger partial charge on any atom is -0.392 e. The first-order valence-corrected chi connectivity index (χ1v) is 10.0. The molecule has 0 aromatic rings. The molecule has 4 atom stereocenters. The normalized spacial score (nSPS) is 24.8. The number of hydrogen-bond donors (Lipinski definition) is 4. The van der Waals surface area contributed by atoms with Gasteiger partial charge in [0.05, 0.1) is 12.2 Å². The number of carbonyl (C=O) groups excluding carboxylic acids is 1. The van der Waals surface area contributed by atoms with E-state index in [0.717, 1.165) is 44.9 Å². The first kappa shape index (κ1) is 23.2. The molecule has 0 aliphatic heterocycles. The molecular formula is C20H36O6. The summed E-state index contributed by atoms with van der Waals surface area (Å²) in [4.78, 5) is 12.1. The maximum atomic E-state index is 12.1. The van der Waals surface area contributed by atoms with E-state index >= 15 is 0 Å². The van der Waals surface area contributed by atoms with Gasteiger partial charge in [-0.25, -0.2) is 0 Å². The Morgan fingerprint density at radius 3 is 2.46 bits per heavy atom. The third kappa shape index (κ3) is 9.24. The van der Waals surface area contributed by atoms with Crippen molar-refractivity contribution in [3.63, 3.8) is 0 Å². The molecule has 1 saturated carbocycles. The minimum absolute atomic E-state index is 0.0870. The summed E-state index contributed by atoms with van der Waals surface area (Å²) < 4.78 is 5.72. The first-order valence-electron chi connectivity index (χ1n) is 10.0. The highest BCUT2D eigenvalue weighted by Crippen LogP contribution is 2.28. The molecule has 1 rings (SSSR count). The molecule has 0 bridgehead atoms. The first-order chi connectivity index (χ1) is 12.5. The molecule has 4 N–H and O–H groups in total. The summed E-state index contributed by atoms with van der Waals surface area (Å²) in [5.74, 6) is -0.483. The van der Waals surface area contributed by atoms with Gasteiger partial charge in [0.25, 0.3) is 0 Å². The average Bonchev–Trinajstić information content (AvgIpc) is 2.85. The number of hydrogen-bond acceptors (Lipinski definition) is 6. The zero-order valence-corrected chi connectivity index (χ0v) is 15.9. The van der Waals surface area contributed by atoms with Gasteiger partial charge in [0.15, 0.2) is 12.1 Å². The average molecular weight is 373 g/mol. The number of Topliss-reactive ketones (excluding diaryl/α,β-unsaturated/α-hetero) is 1. The number of aliphatic hydroxyl groups excluding tert-OH is 3. The fraction of sp³-hybridized carbons (Fsp3) is 0.850. The van der Waals surface area contributed by atoms with Crippen LogP contribution < -0.4 is 0 Å². The fourth-order valence-corrected chi connectivity index (χ4v) is 3.26. The third-order valence-corrected chi connectivity index (χ3v) is 4.83.